The summed E-state index contributed by atoms with van der Waals surface area (Å²) in [7, 11) is 0. The molecular weight excluding hydrogens is 343 g/mol. The van der Waals surface area contributed by atoms with Crippen molar-refractivity contribution in [2.45, 2.75) is 31.5 Å². The summed E-state index contributed by atoms with van der Waals surface area (Å²) in [5, 5.41) is 0.533. The van der Waals surface area contributed by atoms with Gasteiger partial charge in [-0.25, -0.2) is 4.39 Å². The highest BCUT2D eigenvalue weighted by molar-refractivity contribution is 6.31. The molecule has 4 rings (SSSR count). The molecule has 0 aliphatic carbocycles. The highest BCUT2D eigenvalue weighted by atomic mass is 35.5. The maximum atomic E-state index is 13.3. The van der Waals surface area contributed by atoms with Gasteiger partial charge in [0.1, 0.15) is 5.82 Å². The van der Waals surface area contributed by atoms with Gasteiger partial charge in [0.2, 0.25) is 0 Å². The summed E-state index contributed by atoms with van der Waals surface area (Å²) < 4.78 is 24.5. The zero-order chi connectivity index (χ0) is 17.2. The number of benzene rings is 1. The number of nitrogens with zero attached hydrogens (tertiary/aromatic N) is 2. The van der Waals surface area contributed by atoms with Crippen molar-refractivity contribution in [3.8, 4) is 0 Å². The van der Waals surface area contributed by atoms with Gasteiger partial charge in [-0.2, -0.15) is 0 Å². The Bertz CT molecular complexity index is 595. The SMILES string of the molecule is Fc1ccc(CN2CC[C@H]3[C@@H]2CCN3CC2COCCOC2)c(Cl)c1. The number of rotatable bonds is 4. The van der Waals surface area contributed by atoms with Crippen LogP contribution in [0.15, 0.2) is 18.2 Å². The minimum absolute atomic E-state index is 0.270. The van der Waals surface area contributed by atoms with Crippen LogP contribution in [0.1, 0.15) is 18.4 Å². The number of likely N-dealkylation sites (tertiary alicyclic amines) is 2. The second-order valence-corrected chi connectivity index (χ2v) is 7.84. The van der Waals surface area contributed by atoms with Gasteiger partial charge in [-0.3, -0.25) is 9.80 Å². The molecule has 4 nitrogen and oxygen atoms in total. The maximum absolute atomic E-state index is 13.3. The third kappa shape index (κ3) is 4.01. The van der Waals surface area contributed by atoms with Gasteiger partial charge in [-0.15, -0.1) is 0 Å². The van der Waals surface area contributed by atoms with Gasteiger partial charge in [-0.05, 0) is 30.5 Å². The normalized spacial score (nSPS) is 29.0. The molecule has 138 valence electrons. The van der Waals surface area contributed by atoms with Crippen molar-refractivity contribution in [3.63, 3.8) is 0 Å². The molecule has 3 heterocycles. The van der Waals surface area contributed by atoms with Gasteiger partial charge in [0.25, 0.3) is 0 Å². The van der Waals surface area contributed by atoms with Crippen molar-refractivity contribution < 1.29 is 13.9 Å². The summed E-state index contributed by atoms with van der Waals surface area (Å²) in [4.78, 5) is 5.14. The van der Waals surface area contributed by atoms with Crippen LogP contribution in [0, 0.1) is 11.7 Å². The summed E-state index contributed by atoms with van der Waals surface area (Å²) in [6, 6.07) is 5.92. The van der Waals surface area contributed by atoms with Gasteiger partial charge in [0.15, 0.2) is 0 Å². The van der Waals surface area contributed by atoms with E-state index in [-0.39, 0.29) is 5.82 Å². The van der Waals surface area contributed by atoms with Crippen LogP contribution in [-0.2, 0) is 16.0 Å². The smallest absolute Gasteiger partial charge is 0.124 e. The molecular formula is C19H26ClFN2O2. The van der Waals surface area contributed by atoms with Crippen molar-refractivity contribution in [1.29, 1.82) is 0 Å². The Kier molecular flexibility index (Phi) is 5.58. The third-order valence-electron chi connectivity index (χ3n) is 5.77. The minimum Gasteiger partial charge on any atom is -0.379 e. The van der Waals surface area contributed by atoms with E-state index in [0.29, 0.717) is 23.0 Å². The number of fused-ring (bicyclic) bond motifs is 1. The fraction of sp³-hybridized carbons (Fsp3) is 0.684. The fourth-order valence-electron chi connectivity index (χ4n) is 4.56. The highest BCUT2D eigenvalue weighted by Gasteiger charge is 2.42. The van der Waals surface area contributed by atoms with E-state index in [9.17, 15) is 4.39 Å². The predicted molar refractivity (Wildman–Crippen MR) is 95.3 cm³/mol. The molecule has 1 aromatic rings. The monoisotopic (exact) mass is 368 g/mol. The van der Waals surface area contributed by atoms with Crippen molar-refractivity contribution >= 4 is 11.6 Å². The molecule has 0 aromatic heterocycles. The fourth-order valence-corrected chi connectivity index (χ4v) is 4.79. The predicted octanol–water partition coefficient (Wildman–Crippen LogP) is 2.79. The zero-order valence-electron chi connectivity index (χ0n) is 14.5. The second-order valence-electron chi connectivity index (χ2n) is 7.43. The van der Waals surface area contributed by atoms with Crippen LogP contribution < -0.4 is 0 Å². The summed E-state index contributed by atoms with van der Waals surface area (Å²) >= 11 is 6.22. The van der Waals surface area contributed by atoms with Crippen molar-refractivity contribution in [2.24, 2.45) is 5.92 Å². The molecule has 3 fully saturated rings. The first-order valence-corrected chi connectivity index (χ1v) is 9.66. The molecule has 3 aliphatic heterocycles. The van der Waals surface area contributed by atoms with E-state index in [1.54, 1.807) is 0 Å². The lowest BCUT2D eigenvalue weighted by atomic mass is 10.1. The lowest BCUT2D eigenvalue weighted by Gasteiger charge is -2.28. The first-order valence-electron chi connectivity index (χ1n) is 9.28. The minimum atomic E-state index is -0.270. The second kappa shape index (κ2) is 7.89. The molecule has 25 heavy (non-hydrogen) atoms. The standard InChI is InChI=1S/C19H26ClFN2O2/c20-17-9-16(21)2-1-15(17)11-23-6-4-18-19(23)3-5-22(18)10-14-12-24-7-8-25-13-14/h1-2,9,14,18-19H,3-8,10-13H2/t18-,19-/m0/s1. The quantitative estimate of drug-likeness (QED) is 0.816. The van der Waals surface area contributed by atoms with E-state index in [1.165, 1.54) is 25.0 Å². The van der Waals surface area contributed by atoms with E-state index in [2.05, 4.69) is 9.80 Å². The van der Waals surface area contributed by atoms with E-state index >= 15 is 0 Å². The van der Waals surface area contributed by atoms with Crippen LogP contribution in [0.3, 0.4) is 0 Å². The Labute approximate surface area is 153 Å². The van der Waals surface area contributed by atoms with Crippen LogP contribution >= 0.6 is 11.6 Å². The average molecular weight is 369 g/mol. The highest BCUT2D eigenvalue weighted by Crippen LogP contribution is 2.34. The van der Waals surface area contributed by atoms with Crippen LogP contribution in [-0.4, -0.2) is 67.9 Å². The Morgan fingerprint density at radius 1 is 1.04 bits per heavy atom. The Hall–Kier alpha value is -0.720. The Morgan fingerprint density at radius 3 is 2.44 bits per heavy atom. The van der Waals surface area contributed by atoms with Gasteiger partial charge in [0.05, 0.1) is 26.4 Å². The summed E-state index contributed by atoms with van der Waals surface area (Å²) in [6.07, 6.45) is 2.38. The average Bonchev–Trinajstić information content (AvgIpc) is 3.06. The molecule has 3 saturated heterocycles. The van der Waals surface area contributed by atoms with E-state index in [0.717, 1.165) is 58.2 Å². The van der Waals surface area contributed by atoms with E-state index in [4.69, 9.17) is 21.1 Å². The number of hydrogen-bond donors (Lipinski definition) is 0. The summed E-state index contributed by atoms with van der Waals surface area (Å²) in [5.41, 5.74) is 1.02. The molecule has 1 aromatic carbocycles. The summed E-state index contributed by atoms with van der Waals surface area (Å²) in [6.45, 7) is 7.14. The Morgan fingerprint density at radius 2 is 1.72 bits per heavy atom. The molecule has 0 N–H and O–H groups in total. The van der Waals surface area contributed by atoms with E-state index in [1.807, 2.05) is 6.07 Å². The Balaban J connectivity index is 1.36. The lowest BCUT2D eigenvalue weighted by molar-refractivity contribution is 0.0985. The first kappa shape index (κ1) is 17.7. The zero-order valence-corrected chi connectivity index (χ0v) is 15.3. The molecule has 0 radical (unpaired) electrons. The molecule has 0 unspecified atom stereocenters. The van der Waals surface area contributed by atoms with Crippen LogP contribution in [0.5, 0.6) is 0 Å². The van der Waals surface area contributed by atoms with Gasteiger partial charge in [0, 0.05) is 49.2 Å². The van der Waals surface area contributed by atoms with Crippen molar-refractivity contribution in [3.05, 3.63) is 34.6 Å². The van der Waals surface area contributed by atoms with Crippen LogP contribution in [0.4, 0.5) is 4.39 Å². The van der Waals surface area contributed by atoms with Crippen LogP contribution in [0.2, 0.25) is 5.02 Å². The maximum Gasteiger partial charge on any atom is 0.124 e. The van der Waals surface area contributed by atoms with Crippen LogP contribution in [0.25, 0.3) is 0 Å². The van der Waals surface area contributed by atoms with Gasteiger partial charge >= 0.3 is 0 Å². The van der Waals surface area contributed by atoms with E-state index < -0.39 is 0 Å². The first-order chi connectivity index (χ1) is 12.2. The lowest BCUT2D eigenvalue weighted by Crippen LogP contribution is -2.40. The van der Waals surface area contributed by atoms with Crippen molar-refractivity contribution in [2.75, 3.05) is 46.1 Å². The molecule has 0 spiro atoms. The molecule has 0 bridgehead atoms. The van der Waals surface area contributed by atoms with Gasteiger partial charge in [-0.1, -0.05) is 17.7 Å². The third-order valence-corrected chi connectivity index (χ3v) is 6.12. The molecule has 6 heteroatoms. The van der Waals surface area contributed by atoms with Gasteiger partial charge < -0.3 is 9.47 Å². The largest absolute Gasteiger partial charge is 0.379 e. The number of halogens is 2. The number of ether oxygens (including phenoxy) is 2. The topological polar surface area (TPSA) is 24.9 Å². The molecule has 2 atom stereocenters. The summed E-state index contributed by atoms with van der Waals surface area (Å²) in [5.74, 6) is 0.203. The molecule has 0 saturated carbocycles. The molecule has 0 amide bonds. The molecule has 3 aliphatic rings. The number of hydrogen-bond acceptors (Lipinski definition) is 4. The van der Waals surface area contributed by atoms with Crippen molar-refractivity contribution in [1.82, 2.24) is 9.80 Å².